The van der Waals surface area contributed by atoms with Gasteiger partial charge in [-0.05, 0) is 18.6 Å². The molecule has 0 atom stereocenters. The number of hydrogen-bond donors (Lipinski definition) is 1. The second kappa shape index (κ2) is 4.04. The fraction of sp³-hybridized carbons (Fsp3) is 0.333. The maximum Gasteiger partial charge on any atom is 0.158 e. The fourth-order valence-electron chi connectivity index (χ4n) is 2.19. The topological polar surface area (TPSA) is 42.2 Å². The van der Waals surface area contributed by atoms with Crippen molar-refractivity contribution in [2.24, 2.45) is 4.99 Å². The lowest BCUT2D eigenvalue weighted by molar-refractivity contribution is 0.737. The molecule has 3 rings (SSSR count). The number of para-hydroxylation sites is 1. The number of benzene rings is 1. The van der Waals surface area contributed by atoms with E-state index in [1.807, 2.05) is 16.8 Å². The zero-order chi connectivity index (χ0) is 11.8. The molecular formula is C12H13ClN4. The minimum atomic E-state index is 0.558. The van der Waals surface area contributed by atoms with Crippen LogP contribution >= 0.6 is 11.6 Å². The Bertz CT molecular complexity index is 600. The Morgan fingerprint density at radius 1 is 1.47 bits per heavy atom. The van der Waals surface area contributed by atoms with Gasteiger partial charge >= 0.3 is 0 Å². The lowest BCUT2D eigenvalue weighted by Crippen LogP contribution is -2.24. The smallest absolute Gasteiger partial charge is 0.158 e. The second-order valence-corrected chi connectivity index (χ2v) is 4.53. The van der Waals surface area contributed by atoms with Crippen molar-refractivity contribution < 1.29 is 0 Å². The molecule has 5 heteroatoms. The van der Waals surface area contributed by atoms with Crippen LogP contribution in [0.2, 0.25) is 5.15 Å². The van der Waals surface area contributed by atoms with Crippen molar-refractivity contribution >= 4 is 28.3 Å². The van der Waals surface area contributed by atoms with Crippen LogP contribution in [0.25, 0.3) is 10.9 Å². The zero-order valence-electron chi connectivity index (χ0n) is 9.57. The number of nitrogens with one attached hydrogen (secondary N) is 1. The minimum Gasteiger partial charge on any atom is -0.370 e. The predicted octanol–water partition coefficient (Wildman–Crippen LogP) is 2.00. The maximum atomic E-state index is 6.14. The van der Waals surface area contributed by atoms with Crippen LogP contribution in [0.5, 0.6) is 0 Å². The number of aryl methyl sites for hydroxylation is 1. The first-order valence-corrected chi connectivity index (χ1v) is 6.02. The number of halogens is 1. The van der Waals surface area contributed by atoms with Crippen LogP contribution in [0.4, 0.5) is 0 Å². The summed E-state index contributed by atoms with van der Waals surface area (Å²) >= 11 is 6.14. The van der Waals surface area contributed by atoms with Crippen molar-refractivity contribution in [2.45, 2.75) is 13.5 Å². The SMILES string of the molecule is Cc1cccc2c(Cl)nn(CC3=NCCN3)c12. The minimum absolute atomic E-state index is 0.558. The number of rotatable bonds is 2. The highest BCUT2D eigenvalue weighted by Crippen LogP contribution is 2.25. The number of aromatic nitrogens is 2. The number of fused-ring (bicyclic) bond motifs is 1. The summed E-state index contributed by atoms with van der Waals surface area (Å²) in [5.74, 6) is 0.981. The molecule has 0 saturated heterocycles. The van der Waals surface area contributed by atoms with Gasteiger partial charge in [0.25, 0.3) is 0 Å². The molecule has 0 amide bonds. The number of aliphatic imine (C=N–C) groups is 1. The average Bonchev–Trinajstić information content (AvgIpc) is 2.90. The van der Waals surface area contributed by atoms with Gasteiger partial charge < -0.3 is 5.32 Å². The van der Waals surface area contributed by atoms with Gasteiger partial charge in [0.05, 0.1) is 18.6 Å². The average molecular weight is 249 g/mol. The summed E-state index contributed by atoms with van der Waals surface area (Å²) in [6.45, 7) is 4.50. The van der Waals surface area contributed by atoms with Crippen molar-refractivity contribution in [3.05, 3.63) is 28.9 Å². The van der Waals surface area contributed by atoms with E-state index in [0.29, 0.717) is 11.7 Å². The predicted molar refractivity (Wildman–Crippen MR) is 69.8 cm³/mol. The van der Waals surface area contributed by atoms with Gasteiger partial charge in [0, 0.05) is 11.9 Å². The Hall–Kier alpha value is -1.55. The van der Waals surface area contributed by atoms with Crippen LogP contribution in [0.3, 0.4) is 0 Å². The normalized spacial score (nSPS) is 15.1. The monoisotopic (exact) mass is 248 g/mol. The third-order valence-corrected chi connectivity index (χ3v) is 3.25. The Morgan fingerprint density at radius 3 is 3.12 bits per heavy atom. The van der Waals surface area contributed by atoms with Crippen LogP contribution < -0.4 is 5.32 Å². The Morgan fingerprint density at radius 2 is 2.35 bits per heavy atom. The molecular weight excluding hydrogens is 236 g/mol. The zero-order valence-corrected chi connectivity index (χ0v) is 10.3. The highest BCUT2D eigenvalue weighted by Gasteiger charge is 2.13. The van der Waals surface area contributed by atoms with Gasteiger partial charge in [-0.15, -0.1) is 0 Å². The van der Waals surface area contributed by atoms with Gasteiger partial charge in [0.2, 0.25) is 0 Å². The maximum absolute atomic E-state index is 6.14. The van der Waals surface area contributed by atoms with Crippen LogP contribution in [-0.4, -0.2) is 28.7 Å². The van der Waals surface area contributed by atoms with E-state index >= 15 is 0 Å². The van der Waals surface area contributed by atoms with E-state index in [2.05, 4.69) is 28.4 Å². The Kier molecular flexibility index (Phi) is 2.52. The summed E-state index contributed by atoms with van der Waals surface area (Å²) in [6.07, 6.45) is 0. The molecule has 0 unspecified atom stereocenters. The lowest BCUT2D eigenvalue weighted by Gasteiger charge is -2.05. The molecule has 0 saturated carbocycles. The quantitative estimate of drug-likeness (QED) is 0.883. The van der Waals surface area contributed by atoms with E-state index in [1.165, 1.54) is 5.56 Å². The molecule has 0 radical (unpaired) electrons. The molecule has 1 aliphatic heterocycles. The first-order chi connectivity index (χ1) is 8.25. The molecule has 4 nitrogen and oxygen atoms in total. The molecule has 0 bridgehead atoms. The third-order valence-electron chi connectivity index (χ3n) is 2.97. The largest absolute Gasteiger partial charge is 0.370 e. The first kappa shape index (κ1) is 10.6. The van der Waals surface area contributed by atoms with E-state index in [1.54, 1.807) is 0 Å². The van der Waals surface area contributed by atoms with Crippen LogP contribution in [0, 0.1) is 6.92 Å². The van der Waals surface area contributed by atoms with Crippen molar-refractivity contribution in [3.63, 3.8) is 0 Å². The van der Waals surface area contributed by atoms with E-state index < -0.39 is 0 Å². The standard InChI is InChI=1S/C12H13ClN4/c1-8-3-2-4-9-11(8)17(16-12(9)13)7-10-14-5-6-15-10/h2-4H,5-7H2,1H3,(H,14,15). The molecule has 2 aromatic rings. The summed E-state index contributed by atoms with van der Waals surface area (Å²) < 4.78 is 1.92. The molecule has 1 aliphatic rings. The number of nitrogens with zero attached hydrogens (tertiary/aromatic N) is 3. The second-order valence-electron chi connectivity index (χ2n) is 4.17. The van der Waals surface area contributed by atoms with Gasteiger partial charge in [-0.1, -0.05) is 23.7 Å². The van der Waals surface area contributed by atoms with Crippen LogP contribution in [-0.2, 0) is 6.54 Å². The molecule has 0 spiro atoms. The molecule has 17 heavy (non-hydrogen) atoms. The van der Waals surface area contributed by atoms with E-state index in [-0.39, 0.29) is 0 Å². The van der Waals surface area contributed by atoms with Crippen molar-refractivity contribution in [1.29, 1.82) is 0 Å². The van der Waals surface area contributed by atoms with Gasteiger partial charge in [0.1, 0.15) is 5.84 Å². The van der Waals surface area contributed by atoms with Crippen molar-refractivity contribution in [2.75, 3.05) is 13.1 Å². The molecule has 1 aromatic heterocycles. The van der Waals surface area contributed by atoms with Crippen LogP contribution in [0.15, 0.2) is 23.2 Å². The van der Waals surface area contributed by atoms with Gasteiger partial charge in [0.15, 0.2) is 5.15 Å². The fourth-order valence-corrected chi connectivity index (χ4v) is 2.43. The number of amidine groups is 1. The van der Waals surface area contributed by atoms with Crippen molar-refractivity contribution in [1.82, 2.24) is 15.1 Å². The number of hydrogen-bond acceptors (Lipinski definition) is 3. The Labute approximate surface area is 104 Å². The summed E-state index contributed by atoms with van der Waals surface area (Å²) in [7, 11) is 0. The summed E-state index contributed by atoms with van der Waals surface area (Å²) in [5, 5.41) is 9.18. The lowest BCUT2D eigenvalue weighted by atomic mass is 10.2. The van der Waals surface area contributed by atoms with Gasteiger partial charge in [-0.2, -0.15) is 5.10 Å². The molecule has 88 valence electrons. The van der Waals surface area contributed by atoms with E-state index in [4.69, 9.17) is 11.6 Å². The van der Waals surface area contributed by atoms with Crippen molar-refractivity contribution in [3.8, 4) is 0 Å². The molecule has 1 N–H and O–H groups in total. The summed E-state index contributed by atoms with van der Waals surface area (Å²) in [5.41, 5.74) is 2.27. The summed E-state index contributed by atoms with van der Waals surface area (Å²) in [4.78, 5) is 4.38. The summed E-state index contributed by atoms with van der Waals surface area (Å²) in [6, 6.07) is 6.07. The Balaban J connectivity index is 2.09. The highest BCUT2D eigenvalue weighted by atomic mass is 35.5. The highest BCUT2D eigenvalue weighted by molar-refractivity contribution is 6.34. The van der Waals surface area contributed by atoms with Gasteiger partial charge in [-0.3, -0.25) is 9.67 Å². The van der Waals surface area contributed by atoms with E-state index in [9.17, 15) is 0 Å². The molecule has 0 fully saturated rings. The van der Waals surface area contributed by atoms with Crippen LogP contribution in [0.1, 0.15) is 5.56 Å². The van der Waals surface area contributed by atoms with Gasteiger partial charge in [-0.25, -0.2) is 0 Å². The van der Waals surface area contributed by atoms with E-state index in [0.717, 1.165) is 29.8 Å². The first-order valence-electron chi connectivity index (χ1n) is 5.64. The molecule has 0 aliphatic carbocycles. The molecule has 1 aromatic carbocycles. The molecule has 2 heterocycles. The third kappa shape index (κ3) is 1.78.